The van der Waals surface area contributed by atoms with Crippen molar-refractivity contribution in [3.8, 4) is 44.6 Å². The highest BCUT2D eigenvalue weighted by Gasteiger charge is 2.22. The predicted octanol–water partition coefficient (Wildman–Crippen LogP) is 15.1. The van der Waals surface area contributed by atoms with Crippen molar-refractivity contribution in [2.75, 3.05) is 4.90 Å². The second-order valence-corrected chi connectivity index (χ2v) is 12.9. The summed E-state index contributed by atoms with van der Waals surface area (Å²) in [4.78, 5) is 2.34. The first-order valence-corrected chi connectivity index (χ1v) is 18.9. The van der Waals surface area contributed by atoms with Gasteiger partial charge in [0.1, 0.15) is 0 Å². The van der Waals surface area contributed by atoms with Gasteiger partial charge in [-0.05, 0) is 101 Å². The standard InChI is InChI=1S/C50H40N2.C2H6/c1-3-16-37(4-2)39-24-30-44(31-25-39)52(45-32-26-40(27-33-45)38-17-8-5-9-18-38)46-34-28-43(29-35-46)50-49(42-21-12-7-13-22-42)48(41-19-10-6-11-20-41)47-23-14-15-36-51(47)50;1-2/h3-36H,1-2H3;1-2H3/b16-3-,37-4+;. The minimum Gasteiger partial charge on any atom is -0.315 e. The van der Waals surface area contributed by atoms with Crippen LogP contribution in [0, 0.1) is 0 Å². The smallest absolute Gasteiger partial charge is 0.0613 e. The van der Waals surface area contributed by atoms with E-state index >= 15 is 0 Å². The Balaban J connectivity index is 0.00000221. The van der Waals surface area contributed by atoms with Crippen LogP contribution in [0.5, 0.6) is 0 Å². The Hall–Kier alpha value is -6.64. The summed E-state index contributed by atoms with van der Waals surface area (Å²) in [6.07, 6.45) is 8.59. The molecule has 54 heavy (non-hydrogen) atoms. The van der Waals surface area contributed by atoms with Crippen LogP contribution in [-0.4, -0.2) is 4.40 Å². The number of benzene rings is 6. The third kappa shape index (κ3) is 7.20. The molecule has 0 bridgehead atoms. The first kappa shape index (κ1) is 35.7. The quantitative estimate of drug-likeness (QED) is 0.136. The summed E-state index contributed by atoms with van der Waals surface area (Å²) in [6, 6.07) is 65.4. The molecule has 0 saturated carbocycles. The van der Waals surface area contributed by atoms with E-state index in [0.29, 0.717) is 0 Å². The van der Waals surface area contributed by atoms with Crippen LogP contribution in [0.1, 0.15) is 33.3 Å². The molecular formula is C52H46N2. The number of allylic oxidation sites excluding steroid dienone is 4. The van der Waals surface area contributed by atoms with Gasteiger partial charge in [0.05, 0.1) is 11.2 Å². The van der Waals surface area contributed by atoms with Gasteiger partial charge in [-0.25, -0.2) is 0 Å². The Morgan fingerprint density at radius 1 is 0.444 bits per heavy atom. The Labute approximate surface area is 320 Å². The first-order valence-electron chi connectivity index (χ1n) is 18.9. The molecule has 0 fully saturated rings. The van der Waals surface area contributed by atoms with Crippen molar-refractivity contribution in [2.24, 2.45) is 0 Å². The fraction of sp³-hybridized carbons (Fsp3) is 0.0769. The third-order valence-electron chi connectivity index (χ3n) is 9.72. The van der Waals surface area contributed by atoms with Gasteiger partial charge < -0.3 is 9.30 Å². The minimum absolute atomic E-state index is 1.09. The molecule has 264 valence electrons. The second-order valence-electron chi connectivity index (χ2n) is 12.9. The molecule has 0 radical (unpaired) electrons. The lowest BCUT2D eigenvalue weighted by molar-refractivity contribution is 1.20. The molecule has 2 heteroatoms. The fourth-order valence-electron chi connectivity index (χ4n) is 7.27. The SMILES string of the molecule is C/C=C\C(=C/C)c1ccc(N(c2ccc(-c3ccccc3)cc2)c2ccc(-c3c(-c4ccccc4)c(-c4ccccc4)c4ccccn34)cc2)cc1.CC. The van der Waals surface area contributed by atoms with Crippen molar-refractivity contribution in [3.63, 3.8) is 0 Å². The van der Waals surface area contributed by atoms with Crippen LogP contribution in [0.3, 0.4) is 0 Å². The molecule has 2 heterocycles. The molecule has 0 aliphatic carbocycles. The van der Waals surface area contributed by atoms with E-state index in [2.05, 4.69) is 230 Å². The maximum absolute atomic E-state index is 2.35. The van der Waals surface area contributed by atoms with Gasteiger partial charge >= 0.3 is 0 Å². The highest BCUT2D eigenvalue weighted by atomic mass is 15.1. The second kappa shape index (κ2) is 16.8. The van der Waals surface area contributed by atoms with E-state index in [1.165, 1.54) is 55.7 Å². The van der Waals surface area contributed by atoms with Gasteiger partial charge in [-0.1, -0.05) is 166 Å². The number of anilines is 3. The Kier molecular flexibility index (Phi) is 11.1. The molecule has 0 atom stereocenters. The Morgan fingerprint density at radius 2 is 0.889 bits per heavy atom. The minimum atomic E-state index is 1.09. The molecule has 0 aliphatic rings. The summed E-state index contributed by atoms with van der Waals surface area (Å²) < 4.78 is 2.35. The average molecular weight is 699 g/mol. The number of rotatable bonds is 9. The lowest BCUT2D eigenvalue weighted by Gasteiger charge is -2.26. The van der Waals surface area contributed by atoms with Gasteiger partial charge in [0.25, 0.3) is 0 Å². The molecule has 6 aromatic carbocycles. The number of fused-ring (bicyclic) bond motifs is 1. The topological polar surface area (TPSA) is 7.65 Å². The highest BCUT2D eigenvalue weighted by molar-refractivity contribution is 6.03. The van der Waals surface area contributed by atoms with Gasteiger partial charge in [0.2, 0.25) is 0 Å². The van der Waals surface area contributed by atoms with E-state index in [1.807, 2.05) is 13.8 Å². The van der Waals surface area contributed by atoms with Gasteiger partial charge in [0, 0.05) is 34.4 Å². The number of nitrogens with zero attached hydrogens (tertiary/aromatic N) is 2. The van der Waals surface area contributed by atoms with E-state index < -0.39 is 0 Å². The van der Waals surface area contributed by atoms with Gasteiger partial charge in [0.15, 0.2) is 0 Å². The molecule has 2 aromatic heterocycles. The maximum Gasteiger partial charge on any atom is 0.0613 e. The average Bonchev–Trinajstić information content (AvgIpc) is 3.61. The maximum atomic E-state index is 2.35. The molecule has 8 aromatic rings. The van der Waals surface area contributed by atoms with Crippen LogP contribution in [0.25, 0.3) is 55.7 Å². The van der Waals surface area contributed by atoms with Gasteiger partial charge in [-0.3, -0.25) is 0 Å². The zero-order valence-corrected chi connectivity index (χ0v) is 31.5. The van der Waals surface area contributed by atoms with Crippen LogP contribution < -0.4 is 4.90 Å². The number of hydrogen-bond acceptors (Lipinski definition) is 1. The summed E-state index contributed by atoms with van der Waals surface area (Å²) in [6.45, 7) is 8.15. The Bertz CT molecular complexity index is 2470. The molecule has 8 rings (SSSR count). The molecule has 0 unspecified atom stereocenters. The molecule has 0 aliphatic heterocycles. The van der Waals surface area contributed by atoms with E-state index in [0.717, 1.165) is 22.6 Å². The lowest BCUT2D eigenvalue weighted by Crippen LogP contribution is -2.10. The van der Waals surface area contributed by atoms with Crippen molar-refractivity contribution < 1.29 is 0 Å². The summed E-state index contributed by atoms with van der Waals surface area (Å²) in [5.74, 6) is 0. The molecule has 0 N–H and O–H groups in total. The normalized spacial score (nSPS) is 11.4. The van der Waals surface area contributed by atoms with E-state index in [-0.39, 0.29) is 0 Å². The monoisotopic (exact) mass is 698 g/mol. The Morgan fingerprint density at radius 3 is 1.41 bits per heavy atom. The fourth-order valence-corrected chi connectivity index (χ4v) is 7.27. The molecule has 0 spiro atoms. The lowest BCUT2D eigenvalue weighted by atomic mass is 9.93. The summed E-state index contributed by atoms with van der Waals surface area (Å²) in [7, 11) is 0. The summed E-state index contributed by atoms with van der Waals surface area (Å²) in [5, 5.41) is 0. The van der Waals surface area contributed by atoms with Crippen LogP contribution in [0.15, 0.2) is 206 Å². The molecule has 0 amide bonds. The predicted molar refractivity (Wildman–Crippen MR) is 234 cm³/mol. The zero-order valence-electron chi connectivity index (χ0n) is 31.5. The van der Waals surface area contributed by atoms with Crippen molar-refractivity contribution in [2.45, 2.75) is 27.7 Å². The van der Waals surface area contributed by atoms with E-state index in [1.54, 1.807) is 0 Å². The first-order chi connectivity index (χ1) is 26.7. The van der Waals surface area contributed by atoms with Crippen molar-refractivity contribution in [1.29, 1.82) is 0 Å². The van der Waals surface area contributed by atoms with Crippen LogP contribution >= 0.6 is 0 Å². The molecular weight excluding hydrogens is 653 g/mol. The van der Waals surface area contributed by atoms with Crippen LogP contribution in [0.4, 0.5) is 17.1 Å². The van der Waals surface area contributed by atoms with Gasteiger partial charge in [-0.15, -0.1) is 0 Å². The summed E-state index contributed by atoms with van der Waals surface area (Å²) >= 11 is 0. The van der Waals surface area contributed by atoms with Crippen molar-refractivity contribution >= 4 is 28.2 Å². The third-order valence-corrected chi connectivity index (χ3v) is 9.72. The van der Waals surface area contributed by atoms with E-state index in [4.69, 9.17) is 0 Å². The van der Waals surface area contributed by atoms with Crippen LogP contribution in [-0.2, 0) is 0 Å². The number of aromatic nitrogens is 1. The van der Waals surface area contributed by atoms with Crippen LogP contribution in [0.2, 0.25) is 0 Å². The van der Waals surface area contributed by atoms with Gasteiger partial charge in [-0.2, -0.15) is 0 Å². The highest BCUT2D eigenvalue weighted by Crippen LogP contribution is 2.45. The molecule has 0 saturated heterocycles. The number of pyridine rings is 1. The summed E-state index contributed by atoms with van der Waals surface area (Å²) in [5.41, 5.74) is 16.5. The van der Waals surface area contributed by atoms with Crippen molar-refractivity contribution in [1.82, 2.24) is 4.40 Å². The largest absolute Gasteiger partial charge is 0.315 e. The van der Waals surface area contributed by atoms with Crippen molar-refractivity contribution in [3.05, 3.63) is 212 Å². The zero-order chi connectivity index (χ0) is 37.3. The number of hydrogen-bond donors (Lipinski definition) is 0. The molecule has 2 nitrogen and oxygen atoms in total. The van der Waals surface area contributed by atoms with E-state index in [9.17, 15) is 0 Å².